The third kappa shape index (κ3) is 23.0. The van der Waals surface area contributed by atoms with E-state index in [1.54, 1.807) is 74.8 Å². The number of hydrogen-bond acceptors (Lipinski definition) is 21. The third-order valence-electron chi connectivity index (χ3n) is 22.7. The Morgan fingerprint density at radius 2 is 0.846 bits per heavy atom. The predicted molar refractivity (Wildman–Crippen MR) is 458 cm³/mol. The molecule has 10 N–H and O–H groups in total. The number of carbonyl (C=O) groups excluding carboxylic acids is 10. The molecule has 1 unspecified atom stereocenters. The van der Waals surface area contributed by atoms with Gasteiger partial charge in [-0.3, -0.25) is 47.9 Å². The Bertz CT molecular complexity index is 4560. The first-order valence-electron chi connectivity index (χ1n) is 40.6. The highest BCUT2D eigenvalue weighted by Crippen LogP contribution is 2.42. The Labute approximate surface area is 705 Å². The molecule has 9 atom stereocenters. The van der Waals surface area contributed by atoms with Crippen LogP contribution in [0.3, 0.4) is 0 Å². The number of anilines is 4. The second kappa shape index (κ2) is 43.0. The van der Waals surface area contributed by atoms with Crippen molar-refractivity contribution in [1.29, 1.82) is 0 Å². The summed E-state index contributed by atoms with van der Waals surface area (Å²) in [6.07, 6.45) is 15.0. The fourth-order valence-electron chi connectivity index (χ4n) is 15.8. The van der Waals surface area contributed by atoms with Crippen LogP contribution in [0, 0.1) is 17.8 Å². The van der Waals surface area contributed by atoms with Crippen LogP contribution in [0.5, 0.6) is 0 Å². The first-order valence-corrected chi connectivity index (χ1v) is 43.8. The summed E-state index contributed by atoms with van der Waals surface area (Å²) in [6.45, 7) is 9.14. The van der Waals surface area contributed by atoms with Crippen molar-refractivity contribution in [3.63, 3.8) is 0 Å². The van der Waals surface area contributed by atoms with Crippen molar-refractivity contribution < 1.29 is 52.7 Å². The predicted octanol–water partition coefficient (Wildman–Crippen LogP) is 11.4. The number of nitrogens with zero attached hydrogens (tertiary/aromatic N) is 7. The quantitative estimate of drug-likeness (QED) is 0.0241. The van der Waals surface area contributed by atoms with Gasteiger partial charge in [-0.05, 0) is 160 Å². The smallest absolute Gasteiger partial charge is 0.248 e. The largest absolute Gasteiger partial charge is 0.381 e. The second-order valence-corrected chi connectivity index (χ2v) is 34.1. The molecule has 6 aliphatic rings. The minimum atomic E-state index is -0.725. The van der Waals surface area contributed by atoms with Crippen LogP contribution in [0.4, 0.5) is 21.8 Å². The number of benzene rings is 4. The van der Waals surface area contributed by atoms with E-state index in [0.717, 1.165) is 114 Å². The molecule has 626 valence electrons. The highest BCUT2D eigenvalue weighted by atomic mass is 35.5. The molecule has 3 aromatic heterocycles. The zero-order valence-electron chi connectivity index (χ0n) is 67.2. The van der Waals surface area contributed by atoms with Crippen molar-refractivity contribution in [1.82, 2.24) is 66.2 Å². The molecule has 2 saturated carbocycles. The SMILES string of the molecule is CN[C@@H](C)C(=O)NC(C(=O)N1CCC[C@H]1C(=O)Nc1snnc1-c1ccc(Cl)c(Cl)c1)C1CCOCC1.CN[C@@H](C)C(=O)N[C@H](C(=O)N1CCC[C@H]1C(=O)Nc1nc(-c2ccccc2)sc1-c1ccccc1)C1CCCCC1.CN[C@@H](C)C(=O)N[C@H](C(=O)N1CCC[C@H]1C(=O)Nc1nc(NC(C)=O)sc1-c1ccccc1)C1CCCCC1. The maximum absolute atomic E-state index is 14.0. The van der Waals surface area contributed by atoms with Gasteiger partial charge in [-0.2, -0.15) is 0 Å². The zero-order valence-corrected chi connectivity index (χ0v) is 71.1. The van der Waals surface area contributed by atoms with E-state index < -0.39 is 54.4 Å². The fraction of sp³-hybridized carbons (Fsp3) is 0.500. The molecule has 7 aromatic rings. The number of ether oxygens (including phenoxy) is 1. The van der Waals surface area contributed by atoms with Crippen LogP contribution in [-0.2, 0) is 52.7 Å². The summed E-state index contributed by atoms with van der Waals surface area (Å²) in [7, 11) is 5.13. The van der Waals surface area contributed by atoms with Gasteiger partial charge in [-0.1, -0.05) is 175 Å². The molecule has 0 spiro atoms. The van der Waals surface area contributed by atoms with Crippen molar-refractivity contribution in [3.8, 4) is 42.7 Å². The Hall–Kier alpha value is -9.18. The minimum absolute atomic E-state index is 0.0482. The number of likely N-dealkylation sites (tertiary alicyclic amines) is 3. The van der Waals surface area contributed by atoms with Crippen LogP contribution in [0.25, 0.3) is 42.7 Å². The van der Waals surface area contributed by atoms with Crippen molar-refractivity contribution in [2.24, 2.45) is 17.8 Å². The molecule has 117 heavy (non-hydrogen) atoms. The number of amides is 10. The Kier molecular flexibility index (Phi) is 32.6. The molecular weight excluding hydrogens is 1590 g/mol. The lowest BCUT2D eigenvalue weighted by atomic mass is 9.83. The van der Waals surface area contributed by atoms with Crippen LogP contribution in [0.2, 0.25) is 10.0 Å². The van der Waals surface area contributed by atoms with Gasteiger partial charge in [0, 0.05) is 62.4 Å². The maximum atomic E-state index is 14.0. The number of halogens is 2. The van der Waals surface area contributed by atoms with Gasteiger partial charge in [-0.15, -0.1) is 16.4 Å². The molecule has 10 amide bonds. The van der Waals surface area contributed by atoms with E-state index in [4.69, 9.17) is 32.9 Å². The summed E-state index contributed by atoms with van der Waals surface area (Å²) in [5, 5.41) is 36.0. The first kappa shape index (κ1) is 88.6. The summed E-state index contributed by atoms with van der Waals surface area (Å²) < 4.78 is 9.45. The molecule has 33 heteroatoms. The molecule has 0 bridgehead atoms. The van der Waals surface area contributed by atoms with E-state index in [0.29, 0.717) is 121 Å². The summed E-state index contributed by atoms with van der Waals surface area (Å²) in [6, 6.07) is 29.1. The van der Waals surface area contributed by atoms with Gasteiger partial charge in [0.25, 0.3) is 0 Å². The van der Waals surface area contributed by atoms with E-state index in [9.17, 15) is 47.9 Å². The molecule has 4 saturated heterocycles. The van der Waals surface area contributed by atoms with E-state index >= 15 is 0 Å². The van der Waals surface area contributed by atoms with Crippen molar-refractivity contribution in [3.05, 3.63) is 119 Å². The summed E-state index contributed by atoms with van der Waals surface area (Å²) in [5.74, 6) is -1.49. The summed E-state index contributed by atoms with van der Waals surface area (Å²) in [4.78, 5) is 148. The lowest BCUT2D eigenvalue weighted by Crippen LogP contribution is -2.58. The van der Waals surface area contributed by atoms with Gasteiger partial charge in [0.1, 0.15) is 52.0 Å². The molecule has 4 aliphatic heterocycles. The van der Waals surface area contributed by atoms with Gasteiger partial charge in [0.05, 0.1) is 37.9 Å². The van der Waals surface area contributed by atoms with Gasteiger partial charge >= 0.3 is 0 Å². The normalized spacial score (nSPS) is 19.4. The van der Waals surface area contributed by atoms with Gasteiger partial charge in [0.15, 0.2) is 16.8 Å². The monoisotopic (exact) mass is 1700 g/mol. The van der Waals surface area contributed by atoms with Crippen LogP contribution in [0.1, 0.15) is 143 Å². The first-order chi connectivity index (χ1) is 56.5. The van der Waals surface area contributed by atoms with E-state index in [-0.39, 0.29) is 76.8 Å². The van der Waals surface area contributed by atoms with Crippen LogP contribution >= 0.6 is 57.4 Å². The number of thiazole rings is 2. The summed E-state index contributed by atoms with van der Waals surface area (Å²) in [5.41, 5.74) is 3.95. The number of aromatic nitrogens is 4. The van der Waals surface area contributed by atoms with Gasteiger partial charge < -0.3 is 72.6 Å². The minimum Gasteiger partial charge on any atom is -0.381 e. The molecular formula is C84H107Cl2N17O11S3. The molecule has 0 radical (unpaired) electrons. The van der Waals surface area contributed by atoms with E-state index in [2.05, 4.69) is 67.7 Å². The number of carbonyl (C=O) groups is 10. The third-order valence-corrected chi connectivity index (χ3v) is 26.3. The highest BCUT2D eigenvalue weighted by Gasteiger charge is 2.45. The number of rotatable bonds is 26. The molecule has 13 rings (SSSR count). The maximum Gasteiger partial charge on any atom is 0.248 e. The van der Waals surface area contributed by atoms with Crippen LogP contribution < -0.4 is 53.2 Å². The van der Waals surface area contributed by atoms with E-state index in [1.165, 1.54) is 29.6 Å². The Morgan fingerprint density at radius 3 is 1.26 bits per heavy atom. The second-order valence-electron chi connectivity index (χ2n) is 30.5. The number of hydrogen-bond donors (Lipinski definition) is 10. The molecule has 7 heterocycles. The van der Waals surface area contributed by atoms with E-state index in [1.807, 2.05) is 91.0 Å². The van der Waals surface area contributed by atoms with Crippen LogP contribution in [-0.4, -0.2) is 202 Å². The molecule has 6 fully saturated rings. The Morgan fingerprint density at radius 1 is 0.444 bits per heavy atom. The standard InChI is InChI=1S/C32H39N5O3S.C28H38N6O4S.C24H30Cl2N6O4S/c1-21(33-2)29(38)34-26(22-13-6-3-7-14-22)32(40)37-20-12-19-25(37)30(39)35-28-27(23-15-8-4-9-16-23)41-31(36-28)24-17-10-5-11-18-24;1-17(29-3)25(36)31-22(19-11-6-4-7-12-19)27(38)34-16-10-15-21(34)26(37)32-24-23(20-13-8-5-9-14-20)39-28(33-24)30-18(2)35;1-13(27-2)21(33)28-20(14-7-10-36-11-8-14)24(35)32-9-3-4-18(32)22(34)29-23-19(30-31-37-23)15-5-6-16(25)17(26)12-15/h4-5,8-11,15-18,21-22,25-26,33H,3,6-7,12-14,19-20H2,1-2H3,(H,34,38)(H,35,39);5,8-9,13-14,17,19,21-22,29H,4,6-7,10-12,15-16H2,1-3H3,(H,31,36)(H,32,37)(H,30,33,35);5-6,12-14,18,20,27H,3-4,7-11H2,1-2H3,(H,28,33)(H,29,34)/t21-,25-,26-;17-,21-,22-;13-,18-,20?/m000/s1. The number of likely N-dealkylation sites (N-methyl/N-ethyl adjacent to an activating group) is 3. The fourth-order valence-corrected chi connectivity index (χ4v) is 18.7. The number of nitrogens with one attached hydrogen (secondary N) is 10. The average molecular weight is 1700 g/mol. The van der Waals surface area contributed by atoms with Gasteiger partial charge in [0.2, 0.25) is 59.1 Å². The lowest BCUT2D eigenvalue weighted by Gasteiger charge is -2.35. The van der Waals surface area contributed by atoms with Crippen LogP contribution in [0.15, 0.2) is 109 Å². The van der Waals surface area contributed by atoms with Gasteiger partial charge in [-0.25, -0.2) is 9.97 Å². The molecule has 28 nitrogen and oxygen atoms in total. The zero-order chi connectivity index (χ0) is 83.2. The Balaban J connectivity index is 0.000000173. The highest BCUT2D eigenvalue weighted by molar-refractivity contribution is 7.20. The van der Waals surface area contributed by atoms with Crippen molar-refractivity contribution in [2.75, 3.05) is 75.3 Å². The van der Waals surface area contributed by atoms with Crippen molar-refractivity contribution in [2.45, 2.75) is 198 Å². The lowest BCUT2D eigenvalue weighted by molar-refractivity contribution is -0.142. The summed E-state index contributed by atoms with van der Waals surface area (Å²) >= 11 is 16.0. The molecule has 2 aliphatic carbocycles. The topological polar surface area (TPSA) is 362 Å². The molecule has 4 aromatic carbocycles. The average Bonchev–Trinajstić information content (AvgIpc) is 1.68. The van der Waals surface area contributed by atoms with Crippen molar-refractivity contribution >= 4 is 138 Å².